The number of hydrogen-bond acceptors (Lipinski definition) is 8. The molecule has 0 spiro atoms. The molecular formula is C19H15FN4O4S. The van der Waals surface area contributed by atoms with Crippen LogP contribution in [0.25, 0.3) is 11.0 Å². The van der Waals surface area contributed by atoms with Crippen LogP contribution in [-0.4, -0.2) is 25.1 Å². The molecule has 0 aliphatic heterocycles. The second-order valence-corrected chi connectivity index (χ2v) is 7.20. The minimum absolute atomic E-state index is 0.151. The van der Waals surface area contributed by atoms with Gasteiger partial charge in [-0.2, -0.15) is 0 Å². The topological polar surface area (TPSA) is 127 Å². The van der Waals surface area contributed by atoms with E-state index in [1.54, 1.807) is 18.2 Å². The van der Waals surface area contributed by atoms with E-state index < -0.39 is 5.63 Å². The van der Waals surface area contributed by atoms with Crippen molar-refractivity contribution in [2.24, 2.45) is 0 Å². The van der Waals surface area contributed by atoms with Crippen LogP contribution in [0.2, 0.25) is 0 Å². The molecule has 0 amide bonds. The Labute approximate surface area is 167 Å². The van der Waals surface area contributed by atoms with Crippen LogP contribution < -0.4 is 11.5 Å². The average Bonchev–Trinajstić information content (AvgIpc) is 3.03. The fourth-order valence-corrected chi connectivity index (χ4v) is 3.72. The summed E-state index contributed by atoms with van der Waals surface area (Å²) in [5.41, 5.74) is 0.575. The molecule has 0 unspecified atom stereocenters. The first-order chi connectivity index (χ1) is 13.9. The largest absolute Gasteiger partial charge is 0.504 e. The van der Waals surface area contributed by atoms with Gasteiger partial charge in [0.25, 0.3) is 0 Å². The van der Waals surface area contributed by atoms with Crippen LogP contribution in [0.5, 0.6) is 11.5 Å². The smallest absolute Gasteiger partial charge is 0.336 e. The molecule has 148 valence electrons. The zero-order valence-electron chi connectivity index (χ0n) is 14.9. The summed E-state index contributed by atoms with van der Waals surface area (Å²) >= 11 is 1.22. The van der Waals surface area contributed by atoms with Crippen LogP contribution in [-0.2, 0) is 12.2 Å². The van der Waals surface area contributed by atoms with Gasteiger partial charge >= 0.3 is 5.63 Å². The zero-order valence-corrected chi connectivity index (χ0v) is 15.7. The number of thioether (sulfide) groups is 1. The summed E-state index contributed by atoms with van der Waals surface area (Å²) in [5, 5.41) is 28.3. The fraction of sp³-hybridized carbons (Fsp3) is 0.105. The third kappa shape index (κ3) is 3.74. The maximum atomic E-state index is 13.9. The van der Waals surface area contributed by atoms with E-state index in [4.69, 9.17) is 10.3 Å². The molecule has 0 atom stereocenters. The van der Waals surface area contributed by atoms with E-state index in [1.165, 1.54) is 40.7 Å². The summed E-state index contributed by atoms with van der Waals surface area (Å²) in [7, 11) is 0. The molecule has 2 heterocycles. The van der Waals surface area contributed by atoms with Crippen molar-refractivity contribution in [3.63, 3.8) is 0 Å². The molecule has 0 radical (unpaired) electrons. The highest BCUT2D eigenvalue weighted by Gasteiger charge is 2.15. The van der Waals surface area contributed by atoms with Crippen LogP contribution in [0, 0.1) is 5.82 Å². The second kappa shape index (κ2) is 7.47. The van der Waals surface area contributed by atoms with E-state index in [0.717, 1.165) is 0 Å². The Bertz CT molecular complexity index is 1270. The van der Waals surface area contributed by atoms with Gasteiger partial charge in [-0.3, -0.25) is 0 Å². The predicted molar refractivity (Wildman–Crippen MR) is 105 cm³/mol. The van der Waals surface area contributed by atoms with Crippen molar-refractivity contribution in [1.29, 1.82) is 0 Å². The number of phenols is 2. The number of nitrogens with two attached hydrogens (primary N) is 1. The molecule has 4 rings (SSSR count). The minimum Gasteiger partial charge on any atom is -0.504 e. The first-order valence-corrected chi connectivity index (χ1v) is 9.45. The third-order valence-electron chi connectivity index (χ3n) is 4.32. The predicted octanol–water partition coefficient (Wildman–Crippen LogP) is 2.53. The van der Waals surface area contributed by atoms with Gasteiger partial charge in [-0.25, -0.2) is 13.9 Å². The molecule has 0 aliphatic carbocycles. The number of hydrogen-bond donors (Lipinski definition) is 3. The van der Waals surface area contributed by atoms with Crippen LogP contribution in [0.4, 0.5) is 4.39 Å². The molecule has 0 aliphatic rings. The zero-order chi connectivity index (χ0) is 20.5. The van der Waals surface area contributed by atoms with Gasteiger partial charge in [-0.05, 0) is 23.3 Å². The van der Waals surface area contributed by atoms with Gasteiger partial charge in [-0.1, -0.05) is 30.0 Å². The van der Waals surface area contributed by atoms with Gasteiger partial charge in [0, 0.05) is 29.7 Å². The molecule has 2 aromatic carbocycles. The van der Waals surface area contributed by atoms with E-state index in [-0.39, 0.29) is 35.1 Å². The summed E-state index contributed by atoms with van der Waals surface area (Å²) in [6.07, 6.45) is 0.182. The molecule has 29 heavy (non-hydrogen) atoms. The molecular weight excluding hydrogens is 399 g/mol. The van der Waals surface area contributed by atoms with Crippen LogP contribution in [0.15, 0.2) is 56.8 Å². The Kier molecular flexibility index (Phi) is 4.85. The lowest BCUT2D eigenvalue weighted by Gasteiger charge is -2.07. The maximum Gasteiger partial charge on any atom is 0.336 e. The van der Waals surface area contributed by atoms with Crippen LogP contribution in [0.3, 0.4) is 0 Å². The number of fused-ring (bicyclic) bond motifs is 1. The Morgan fingerprint density at radius 1 is 1.10 bits per heavy atom. The number of benzene rings is 2. The second-order valence-electron chi connectivity index (χ2n) is 6.25. The SMILES string of the molecule is Nn1c(Cc2ccccc2F)nnc1SCc1cc(=O)oc2cc(O)c(O)cc12. The van der Waals surface area contributed by atoms with Gasteiger partial charge in [0.15, 0.2) is 17.3 Å². The molecule has 8 nitrogen and oxygen atoms in total. The first kappa shape index (κ1) is 18.8. The minimum atomic E-state index is -0.590. The summed E-state index contributed by atoms with van der Waals surface area (Å²) in [4.78, 5) is 11.8. The van der Waals surface area contributed by atoms with Crippen molar-refractivity contribution >= 4 is 22.7 Å². The molecule has 0 saturated carbocycles. The number of nitrogen functional groups attached to an aromatic ring is 1. The van der Waals surface area contributed by atoms with Crippen molar-refractivity contribution in [1.82, 2.24) is 14.9 Å². The summed E-state index contributed by atoms with van der Waals surface area (Å²) in [6, 6.07) is 10.1. The summed E-state index contributed by atoms with van der Waals surface area (Å²) < 4.78 is 20.2. The van der Waals surface area contributed by atoms with E-state index in [2.05, 4.69) is 10.2 Å². The highest BCUT2D eigenvalue weighted by Crippen LogP contribution is 2.33. The van der Waals surface area contributed by atoms with Gasteiger partial charge in [0.05, 0.1) is 0 Å². The number of phenolic OH excluding ortho intramolecular Hbond substituents is 2. The Morgan fingerprint density at radius 2 is 1.86 bits per heavy atom. The highest BCUT2D eigenvalue weighted by atomic mass is 32.2. The van der Waals surface area contributed by atoms with Crippen LogP contribution in [0.1, 0.15) is 17.0 Å². The molecule has 2 aromatic heterocycles. The van der Waals surface area contributed by atoms with Gasteiger partial charge in [-0.15, -0.1) is 10.2 Å². The molecule has 4 N–H and O–H groups in total. The summed E-state index contributed by atoms with van der Waals surface area (Å²) in [6.45, 7) is 0. The van der Waals surface area contributed by atoms with Crippen molar-refractivity contribution in [2.45, 2.75) is 17.3 Å². The molecule has 10 heteroatoms. The lowest BCUT2D eigenvalue weighted by atomic mass is 10.1. The number of aromatic hydroxyl groups is 2. The molecule has 0 saturated heterocycles. The van der Waals surface area contributed by atoms with Crippen molar-refractivity contribution in [2.75, 3.05) is 5.84 Å². The van der Waals surface area contributed by atoms with E-state index in [0.29, 0.717) is 27.5 Å². The quantitative estimate of drug-likeness (QED) is 0.197. The van der Waals surface area contributed by atoms with Gasteiger partial charge in [0.1, 0.15) is 11.4 Å². The van der Waals surface area contributed by atoms with Crippen LogP contribution >= 0.6 is 11.8 Å². The summed E-state index contributed by atoms with van der Waals surface area (Å²) in [5.74, 6) is 5.65. The number of rotatable bonds is 5. The average molecular weight is 414 g/mol. The van der Waals surface area contributed by atoms with Crippen molar-refractivity contribution in [3.05, 3.63) is 75.7 Å². The molecule has 4 aromatic rings. The standard InChI is InChI=1S/C19H15FN4O4S/c20-13-4-2-1-3-10(13)5-17-22-23-19(24(17)21)29-9-11-6-18(27)28-16-8-15(26)14(25)7-12(11)16/h1-4,6-8,25-26H,5,9,21H2. The van der Waals surface area contributed by atoms with E-state index in [9.17, 15) is 19.4 Å². The number of nitrogens with zero attached hydrogens (tertiary/aromatic N) is 3. The molecule has 0 fully saturated rings. The Balaban J connectivity index is 1.59. The van der Waals surface area contributed by atoms with E-state index >= 15 is 0 Å². The lowest BCUT2D eigenvalue weighted by molar-refractivity contribution is 0.403. The maximum absolute atomic E-state index is 13.9. The van der Waals surface area contributed by atoms with Crippen molar-refractivity contribution < 1.29 is 19.0 Å². The highest BCUT2D eigenvalue weighted by molar-refractivity contribution is 7.98. The lowest BCUT2D eigenvalue weighted by Crippen LogP contribution is -2.14. The number of halogens is 1. The van der Waals surface area contributed by atoms with E-state index in [1.807, 2.05) is 0 Å². The van der Waals surface area contributed by atoms with Gasteiger partial charge in [0.2, 0.25) is 5.16 Å². The molecule has 0 bridgehead atoms. The normalized spacial score (nSPS) is 11.2. The monoisotopic (exact) mass is 414 g/mol. The van der Waals surface area contributed by atoms with Gasteiger partial charge < -0.3 is 20.5 Å². The Hall–Kier alpha value is -3.53. The van der Waals surface area contributed by atoms with Crippen molar-refractivity contribution in [3.8, 4) is 11.5 Å². The third-order valence-corrected chi connectivity index (χ3v) is 5.32. The Morgan fingerprint density at radius 3 is 2.66 bits per heavy atom. The first-order valence-electron chi connectivity index (χ1n) is 8.46. The fourth-order valence-electron chi connectivity index (χ4n) is 2.85. The number of aromatic nitrogens is 3.